The number of nitrogens with zero attached hydrogens (tertiary/aromatic N) is 2. The lowest BCUT2D eigenvalue weighted by atomic mass is 9.91. The van der Waals surface area contributed by atoms with Crippen LogP contribution in [0.4, 0.5) is 5.69 Å². The number of piperazine rings is 1. The van der Waals surface area contributed by atoms with Gasteiger partial charge in [-0.3, -0.25) is 9.59 Å². The standard InChI is InChI=1S/C20H30N4O3/c1-23-11-13-24(14-12-23)18(25)15-16-3-5-17(6-4-16)22-19(26)20(27-2)7-9-21-10-8-20/h3-6,21H,7-15H2,1-2H3,(H,22,26). The van der Waals surface area contributed by atoms with Crippen molar-refractivity contribution in [2.24, 2.45) is 0 Å². The molecule has 1 aromatic carbocycles. The van der Waals surface area contributed by atoms with Gasteiger partial charge in [0, 0.05) is 39.0 Å². The fourth-order valence-electron chi connectivity index (χ4n) is 3.65. The molecule has 2 N–H and O–H groups in total. The van der Waals surface area contributed by atoms with Crippen LogP contribution in [0.5, 0.6) is 0 Å². The molecular formula is C20H30N4O3. The Morgan fingerprint density at radius 2 is 1.74 bits per heavy atom. The fourth-order valence-corrected chi connectivity index (χ4v) is 3.65. The lowest BCUT2D eigenvalue weighted by Gasteiger charge is -2.34. The number of nitrogens with one attached hydrogen (secondary N) is 2. The maximum atomic E-state index is 12.7. The molecule has 27 heavy (non-hydrogen) atoms. The Hall–Kier alpha value is -1.96. The van der Waals surface area contributed by atoms with E-state index in [1.165, 1.54) is 0 Å². The molecule has 7 nitrogen and oxygen atoms in total. The highest BCUT2D eigenvalue weighted by Crippen LogP contribution is 2.24. The fraction of sp³-hybridized carbons (Fsp3) is 0.600. The number of carbonyl (C=O) groups is 2. The summed E-state index contributed by atoms with van der Waals surface area (Å²) < 4.78 is 5.56. The van der Waals surface area contributed by atoms with Gasteiger partial charge in [-0.25, -0.2) is 0 Å². The molecule has 148 valence electrons. The Bertz CT molecular complexity index is 648. The Labute approximate surface area is 161 Å². The van der Waals surface area contributed by atoms with Crippen LogP contribution in [0.25, 0.3) is 0 Å². The predicted octanol–water partition coefficient (Wildman–Crippen LogP) is 0.710. The Morgan fingerprint density at radius 1 is 1.11 bits per heavy atom. The van der Waals surface area contributed by atoms with Crippen molar-refractivity contribution >= 4 is 17.5 Å². The van der Waals surface area contributed by atoms with Gasteiger partial charge in [0.25, 0.3) is 5.91 Å². The zero-order valence-corrected chi connectivity index (χ0v) is 16.3. The molecule has 0 atom stereocenters. The van der Waals surface area contributed by atoms with Crippen molar-refractivity contribution in [2.45, 2.75) is 24.9 Å². The number of likely N-dealkylation sites (N-methyl/N-ethyl adjacent to an activating group) is 1. The lowest BCUT2D eigenvalue weighted by Crippen LogP contribution is -2.51. The quantitative estimate of drug-likeness (QED) is 0.794. The third-order valence-electron chi connectivity index (χ3n) is 5.64. The molecule has 0 saturated carbocycles. The molecule has 0 unspecified atom stereocenters. The number of amides is 2. The van der Waals surface area contributed by atoms with E-state index in [0.29, 0.717) is 19.3 Å². The number of carbonyl (C=O) groups excluding carboxylic acids is 2. The number of benzene rings is 1. The molecule has 0 aromatic heterocycles. The van der Waals surface area contributed by atoms with E-state index in [-0.39, 0.29) is 11.8 Å². The van der Waals surface area contributed by atoms with Crippen LogP contribution in [0.3, 0.4) is 0 Å². The summed E-state index contributed by atoms with van der Waals surface area (Å²) in [6, 6.07) is 7.53. The molecule has 2 heterocycles. The minimum atomic E-state index is -0.763. The van der Waals surface area contributed by atoms with E-state index in [2.05, 4.69) is 22.6 Å². The first-order chi connectivity index (χ1) is 13.0. The summed E-state index contributed by atoms with van der Waals surface area (Å²) >= 11 is 0. The lowest BCUT2D eigenvalue weighted by molar-refractivity contribution is -0.140. The van der Waals surface area contributed by atoms with Crippen molar-refractivity contribution in [1.82, 2.24) is 15.1 Å². The first kappa shape index (κ1) is 19.8. The van der Waals surface area contributed by atoms with Crippen LogP contribution in [-0.2, 0) is 20.7 Å². The molecule has 0 spiro atoms. The van der Waals surface area contributed by atoms with E-state index in [0.717, 1.165) is 50.5 Å². The third kappa shape index (κ3) is 4.86. The van der Waals surface area contributed by atoms with Gasteiger partial charge in [-0.1, -0.05) is 12.1 Å². The Morgan fingerprint density at radius 3 is 2.33 bits per heavy atom. The number of methoxy groups -OCH3 is 1. The largest absolute Gasteiger partial charge is 0.368 e. The SMILES string of the molecule is COC1(C(=O)Nc2ccc(CC(=O)N3CCN(C)CC3)cc2)CCNCC1. The maximum Gasteiger partial charge on any atom is 0.256 e. The van der Waals surface area contributed by atoms with E-state index in [1.54, 1.807) is 7.11 Å². The van der Waals surface area contributed by atoms with Crippen molar-refractivity contribution < 1.29 is 14.3 Å². The molecule has 2 amide bonds. The summed E-state index contributed by atoms with van der Waals surface area (Å²) in [6.45, 7) is 4.97. The number of piperidine rings is 1. The van der Waals surface area contributed by atoms with Gasteiger partial charge in [0.05, 0.1) is 6.42 Å². The number of hydrogen-bond acceptors (Lipinski definition) is 5. The van der Waals surface area contributed by atoms with E-state index in [9.17, 15) is 9.59 Å². The summed E-state index contributed by atoms with van der Waals surface area (Å²) in [5.41, 5.74) is 0.924. The molecule has 2 aliphatic heterocycles. The van der Waals surface area contributed by atoms with Gasteiger partial charge in [0.1, 0.15) is 5.60 Å². The molecule has 3 rings (SSSR count). The van der Waals surface area contributed by atoms with E-state index >= 15 is 0 Å². The number of anilines is 1. The summed E-state index contributed by atoms with van der Waals surface area (Å²) in [4.78, 5) is 29.3. The summed E-state index contributed by atoms with van der Waals surface area (Å²) in [6.07, 6.45) is 1.71. The van der Waals surface area contributed by atoms with Crippen LogP contribution in [0.15, 0.2) is 24.3 Å². The summed E-state index contributed by atoms with van der Waals surface area (Å²) in [7, 11) is 3.67. The second-order valence-electron chi connectivity index (χ2n) is 7.46. The van der Waals surface area contributed by atoms with E-state index in [4.69, 9.17) is 4.74 Å². The van der Waals surface area contributed by atoms with Gasteiger partial charge in [-0.2, -0.15) is 0 Å². The van der Waals surface area contributed by atoms with E-state index < -0.39 is 5.60 Å². The monoisotopic (exact) mass is 374 g/mol. The first-order valence-electron chi connectivity index (χ1n) is 9.65. The minimum absolute atomic E-state index is 0.104. The Kier molecular flexibility index (Phi) is 6.46. The van der Waals surface area contributed by atoms with Crippen LogP contribution >= 0.6 is 0 Å². The van der Waals surface area contributed by atoms with Gasteiger partial charge in [0.2, 0.25) is 5.91 Å². The molecule has 2 saturated heterocycles. The highest BCUT2D eigenvalue weighted by atomic mass is 16.5. The number of rotatable bonds is 5. The van der Waals surface area contributed by atoms with Crippen LogP contribution < -0.4 is 10.6 Å². The van der Waals surface area contributed by atoms with Crippen molar-refractivity contribution in [2.75, 3.05) is 58.7 Å². The highest BCUT2D eigenvalue weighted by molar-refractivity contribution is 5.97. The topological polar surface area (TPSA) is 73.9 Å². The van der Waals surface area contributed by atoms with Crippen LogP contribution in [0.1, 0.15) is 18.4 Å². The van der Waals surface area contributed by atoms with Gasteiger partial charge >= 0.3 is 0 Å². The Balaban J connectivity index is 1.55. The predicted molar refractivity (Wildman–Crippen MR) is 105 cm³/mol. The van der Waals surface area contributed by atoms with Crippen LogP contribution in [0.2, 0.25) is 0 Å². The van der Waals surface area contributed by atoms with Crippen molar-refractivity contribution in [3.63, 3.8) is 0 Å². The number of ether oxygens (including phenoxy) is 1. The zero-order valence-electron chi connectivity index (χ0n) is 16.3. The smallest absolute Gasteiger partial charge is 0.256 e. The summed E-state index contributed by atoms with van der Waals surface area (Å²) in [5.74, 6) is 0.0562. The van der Waals surface area contributed by atoms with Crippen LogP contribution in [-0.4, -0.2) is 80.6 Å². The minimum Gasteiger partial charge on any atom is -0.368 e. The maximum absolute atomic E-state index is 12.7. The van der Waals surface area contributed by atoms with Crippen molar-refractivity contribution in [1.29, 1.82) is 0 Å². The van der Waals surface area contributed by atoms with Gasteiger partial charge in [-0.05, 0) is 50.7 Å². The normalized spacial score (nSPS) is 20.3. The summed E-state index contributed by atoms with van der Waals surface area (Å²) in [5, 5.41) is 6.21. The third-order valence-corrected chi connectivity index (χ3v) is 5.64. The van der Waals surface area contributed by atoms with Gasteiger partial charge in [-0.15, -0.1) is 0 Å². The molecule has 2 fully saturated rings. The van der Waals surface area contributed by atoms with Crippen molar-refractivity contribution in [3.05, 3.63) is 29.8 Å². The molecule has 2 aliphatic rings. The van der Waals surface area contributed by atoms with Crippen molar-refractivity contribution in [3.8, 4) is 0 Å². The zero-order chi connectivity index (χ0) is 19.3. The second kappa shape index (κ2) is 8.82. The van der Waals surface area contributed by atoms with E-state index in [1.807, 2.05) is 29.2 Å². The molecule has 0 radical (unpaired) electrons. The van der Waals surface area contributed by atoms with Crippen LogP contribution in [0, 0.1) is 0 Å². The molecular weight excluding hydrogens is 344 g/mol. The molecule has 7 heteroatoms. The molecule has 1 aromatic rings. The molecule has 0 aliphatic carbocycles. The first-order valence-corrected chi connectivity index (χ1v) is 9.65. The molecule has 0 bridgehead atoms. The second-order valence-corrected chi connectivity index (χ2v) is 7.46. The average molecular weight is 374 g/mol. The van der Waals surface area contributed by atoms with Gasteiger partial charge in [0.15, 0.2) is 0 Å². The average Bonchev–Trinajstić information content (AvgIpc) is 2.70. The van der Waals surface area contributed by atoms with Gasteiger partial charge < -0.3 is 25.2 Å². The number of hydrogen-bond donors (Lipinski definition) is 2. The highest BCUT2D eigenvalue weighted by Gasteiger charge is 2.39.